The van der Waals surface area contributed by atoms with Crippen molar-refractivity contribution >= 4 is 17.8 Å². The molecule has 0 aromatic carbocycles. The summed E-state index contributed by atoms with van der Waals surface area (Å²) < 4.78 is 0. The summed E-state index contributed by atoms with van der Waals surface area (Å²) in [5, 5.41) is 0. The third-order valence-corrected chi connectivity index (χ3v) is 2.99. The highest BCUT2D eigenvalue weighted by Crippen LogP contribution is 2.27. The van der Waals surface area contributed by atoms with Gasteiger partial charge >= 0.3 is 0 Å². The van der Waals surface area contributed by atoms with Gasteiger partial charge in [-0.15, -0.1) is 0 Å². The van der Waals surface area contributed by atoms with Gasteiger partial charge in [-0.1, -0.05) is 0 Å². The van der Waals surface area contributed by atoms with Crippen molar-refractivity contribution in [2.45, 2.75) is 12.8 Å². The normalized spacial score (nSPS) is 13.7. The van der Waals surface area contributed by atoms with Gasteiger partial charge in [-0.25, -0.2) is 9.98 Å². The zero-order chi connectivity index (χ0) is 12.4. The van der Waals surface area contributed by atoms with Gasteiger partial charge in [-0.05, 0) is 42.2 Å². The summed E-state index contributed by atoms with van der Waals surface area (Å²) >= 11 is 0. The Bertz CT molecular complexity index is 620. The van der Waals surface area contributed by atoms with E-state index >= 15 is 0 Å². The molecule has 0 fully saturated rings. The van der Waals surface area contributed by atoms with Gasteiger partial charge in [0, 0.05) is 24.2 Å². The number of aryl methyl sites for hydroxylation is 1. The molecule has 0 spiro atoms. The van der Waals surface area contributed by atoms with E-state index in [1.54, 1.807) is 18.6 Å². The first-order chi connectivity index (χ1) is 8.86. The molecule has 0 saturated carbocycles. The van der Waals surface area contributed by atoms with Crippen molar-refractivity contribution in [3.8, 4) is 11.1 Å². The number of hydrogen-bond acceptors (Lipinski definition) is 4. The van der Waals surface area contributed by atoms with E-state index in [4.69, 9.17) is 0 Å². The zero-order valence-electron chi connectivity index (χ0n) is 9.71. The summed E-state index contributed by atoms with van der Waals surface area (Å²) in [5.74, 6) is 0.668. The molecule has 2 aromatic heterocycles. The molecule has 0 atom stereocenters. The monoisotopic (exact) mass is 237 g/mol. The lowest BCUT2D eigenvalue weighted by Gasteiger charge is -2.12. The number of aromatic nitrogens is 2. The van der Waals surface area contributed by atoms with Crippen LogP contribution in [0.4, 0.5) is 5.82 Å². The van der Waals surface area contributed by atoms with Crippen molar-refractivity contribution in [1.29, 1.82) is 0 Å². The number of hydrogen-bond donors (Lipinski definition) is 0. The molecule has 3 heterocycles. The Kier molecular flexibility index (Phi) is 2.68. The number of carbonyl (C=O) groups excluding carboxylic acids is 1. The van der Waals surface area contributed by atoms with Crippen LogP contribution in [0.15, 0.2) is 41.8 Å². The molecule has 4 nitrogen and oxygen atoms in total. The Labute approximate surface area is 104 Å². The fourth-order valence-electron chi connectivity index (χ4n) is 2.03. The molecule has 0 N–H and O–H groups in total. The molecule has 1 aliphatic rings. The fraction of sp³-hybridized carbons (Fsp3) is 0.143. The highest BCUT2D eigenvalue weighted by molar-refractivity contribution is 6.29. The molecule has 0 aliphatic carbocycles. The maximum Gasteiger partial charge on any atom is 0.164 e. The SMILES string of the molecule is O=CC1=Nc2ncc(-c3ccncc3)cc2CC1. The Morgan fingerprint density at radius 3 is 2.72 bits per heavy atom. The van der Waals surface area contributed by atoms with Crippen LogP contribution in [-0.4, -0.2) is 22.0 Å². The highest BCUT2D eigenvalue weighted by Gasteiger charge is 2.13. The van der Waals surface area contributed by atoms with Crippen LogP contribution in [0.3, 0.4) is 0 Å². The third-order valence-electron chi connectivity index (χ3n) is 2.99. The summed E-state index contributed by atoms with van der Waals surface area (Å²) in [5.41, 5.74) is 3.81. The van der Waals surface area contributed by atoms with Gasteiger partial charge in [0.05, 0.1) is 5.71 Å². The molecular formula is C14H11N3O. The minimum atomic E-state index is 0.576. The van der Waals surface area contributed by atoms with Gasteiger partial charge in [0.2, 0.25) is 0 Å². The number of rotatable bonds is 2. The smallest absolute Gasteiger partial charge is 0.164 e. The lowest BCUT2D eigenvalue weighted by Crippen LogP contribution is -2.07. The summed E-state index contributed by atoms with van der Waals surface area (Å²) in [4.78, 5) is 23.2. The van der Waals surface area contributed by atoms with Crippen molar-refractivity contribution in [1.82, 2.24) is 9.97 Å². The lowest BCUT2D eigenvalue weighted by atomic mass is 10.0. The molecular weight excluding hydrogens is 226 g/mol. The van der Waals surface area contributed by atoms with E-state index in [1.807, 2.05) is 12.1 Å². The second-order valence-electron chi connectivity index (χ2n) is 4.16. The number of aliphatic imine (C=N–C) groups is 1. The van der Waals surface area contributed by atoms with Crippen LogP contribution in [0.2, 0.25) is 0 Å². The number of carbonyl (C=O) groups is 1. The number of pyridine rings is 2. The van der Waals surface area contributed by atoms with Gasteiger partial charge in [-0.3, -0.25) is 9.78 Å². The maximum absolute atomic E-state index is 10.7. The molecule has 4 heteroatoms. The quantitative estimate of drug-likeness (QED) is 0.753. The van der Waals surface area contributed by atoms with Crippen LogP contribution in [-0.2, 0) is 11.2 Å². The first-order valence-corrected chi connectivity index (χ1v) is 5.79. The van der Waals surface area contributed by atoms with Gasteiger partial charge in [0.15, 0.2) is 12.1 Å². The van der Waals surface area contributed by atoms with E-state index in [0.717, 1.165) is 29.4 Å². The Balaban J connectivity index is 2.03. The molecule has 3 rings (SSSR count). The Hall–Kier alpha value is -2.36. The topological polar surface area (TPSA) is 55.2 Å². The van der Waals surface area contributed by atoms with E-state index in [9.17, 15) is 4.79 Å². The predicted molar refractivity (Wildman–Crippen MR) is 68.9 cm³/mol. The molecule has 0 saturated heterocycles. The van der Waals surface area contributed by atoms with E-state index in [1.165, 1.54) is 0 Å². The first kappa shape index (κ1) is 10.8. The predicted octanol–water partition coefficient (Wildman–Crippen LogP) is 2.36. The van der Waals surface area contributed by atoms with Crippen LogP contribution in [0.1, 0.15) is 12.0 Å². The van der Waals surface area contributed by atoms with Crippen molar-refractivity contribution in [2.24, 2.45) is 4.99 Å². The second-order valence-corrected chi connectivity index (χ2v) is 4.16. The molecule has 2 aromatic rings. The Morgan fingerprint density at radius 2 is 1.94 bits per heavy atom. The molecule has 18 heavy (non-hydrogen) atoms. The molecule has 0 radical (unpaired) electrons. The van der Waals surface area contributed by atoms with E-state index in [2.05, 4.69) is 21.0 Å². The zero-order valence-corrected chi connectivity index (χ0v) is 9.71. The van der Waals surface area contributed by atoms with Crippen molar-refractivity contribution in [2.75, 3.05) is 0 Å². The standard InChI is InChI=1S/C14H11N3O/c18-9-13-2-1-11-7-12(8-16-14(11)17-13)10-3-5-15-6-4-10/h3-9H,1-2H2. The van der Waals surface area contributed by atoms with Crippen molar-refractivity contribution < 1.29 is 4.79 Å². The molecule has 0 amide bonds. The first-order valence-electron chi connectivity index (χ1n) is 5.79. The molecule has 1 aliphatic heterocycles. The van der Waals surface area contributed by atoms with E-state index < -0.39 is 0 Å². The average Bonchev–Trinajstić information content (AvgIpc) is 2.47. The average molecular weight is 237 g/mol. The van der Waals surface area contributed by atoms with Crippen LogP contribution in [0.5, 0.6) is 0 Å². The Morgan fingerprint density at radius 1 is 1.11 bits per heavy atom. The van der Waals surface area contributed by atoms with Gasteiger partial charge in [0.25, 0.3) is 0 Å². The van der Waals surface area contributed by atoms with Crippen molar-refractivity contribution in [3.63, 3.8) is 0 Å². The van der Waals surface area contributed by atoms with Crippen LogP contribution in [0.25, 0.3) is 11.1 Å². The summed E-state index contributed by atoms with van der Waals surface area (Å²) in [6.45, 7) is 0. The largest absolute Gasteiger partial charge is 0.297 e. The second kappa shape index (κ2) is 4.49. The fourth-order valence-corrected chi connectivity index (χ4v) is 2.03. The minimum Gasteiger partial charge on any atom is -0.297 e. The minimum absolute atomic E-state index is 0.576. The number of nitrogens with zero attached hydrogens (tertiary/aromatic N) is 3. The molecule has 0 unspecified atom stereocenters. The van der Waals surface area contributed by atoms with Gasteiger partial charge in [-0.2, -0.15) is 0 Å². The van der Waals surface area contributed by atoms with Gasteiger partial charge < -0.3 is 0 Å². The lowest BCUT2D eigenvalue weighted by molar-refractivity contribution is -0.102. The molecule has 0 bridgehead atoms. The van der Waals surface area contributed by atoms with Crippen LogP contribution in [0, 0.1) is 0 Å². The number of aldehydes is 1. The van der Waals surface area contributed by atoms with Crippen LogP contribution < -0.4 is 0 Å². The van der Waals surface area contributed by atoms with E-state index in [-0.39, 0.29) is 0 Å². The summed E-state index contributed by atoms with van der Waals surface area (Å²) in [6, 6.07) is 5.99. The maximum atomic E-state index is 10.7. The van der Waals surface area contributed by atoms with E-state index in [0.29, 0.717) is 18.0 Å². The third kappa shape index (κ3) is 1.93. The van der Waals surface area contributed by atoms with Gasteiger partial charge in [0.1, 0.15) is 0 Å². The summed E-state index contributed by atoms with van der Waals surface area (Å²) in [7, 11) is 0. The molecule has 88 valence electrons. The van der Waals surface area contributed by atoms with Crippen LogP contribution >= 0.6 is 0 Å². The highest BCUT2D eigenvalue weighted by atomic mass is 16.1. The van der Waals surface area contributed by atoms with Crippen molar-refractivity contribution in [3.05, 3.63) is 42.4 Å². The summed E-state index contributed by atoms with van der Waals surface area (Å²) in [6.07, 6.45) is 7.62. The number of fused-ring (bicyclic) bond motifs is 1.